The second-order valence-corrected chi connectivity index (χ2v) is 7.95. The van der Waals surface area contributed by atoms with E-state index in [0.717, 1.165) is 0 Å². The van der Waals surface area contributed by atoms with Crippen LogP contribution in [0.2, 0.25) is 0 Å². The molecule has 0 radical (unpaired) electrons. The second kappa shape index (κ2) is 6.97. The van der Waals surface area contributed by atoms with Gasteiger partial charge in [0.1, 0.15) is 0 Å². The summed E-state index contributed by atoms with van der Waals surface area (Å²) in [6.07, 6.45) is 0. The van der Waals surface area contributed by atoms with Gasteiger partial charge in [-0.25, -0.2) is 0 Å². The normalized spacial score (nSPS) is 14.4. The molecule has 0 bridgehead atoms. The molecule has 0 fully saturated rings. The summed E-state index contributed by atoms with van der Waals surface area (Å²) in [5.74, 6) is -19.1. The maximum atomic E-state index is 14.4. The lowest BCUT2D eigenvalue weighted by molar-refractivity contribution is -0.347. The van der Waals surface area contributed by atoms with Crippen molar-refractivity contribution in [1.29, 1.82) is 0 Å². The fourth-order valence-electron chi connectivity index (χ4n) is 2.39. The standard InChI is InChI=1S/C16H18F8IN/c1-7(2)10-5-9(6-11(8(3)4)12(10)26)13(17,18)14(19,20)15(21,22)16(23,24)25/h5-8H,26H2,1-4H3. The van der Waals surface area contributed by atoms with E-state index in [0.29, 0.717) is 12.1 Å². The molecule has 0 heterocycles. The van der Waals surface area contributed by atoms with E-state index in [2.05, 4.69) is 0 Å². The summed E-state index contributed by atoms with van der Waals surface area (Å²) < 4.78 is 104. The van der Waals surface area contributed by atoms with Gasteiger partial charge in [-0.2, -0.15) is 35.1 Å². The highest BCUT2D eigenvalue weighted by atomic mass is 127. The van der Waals surface area contributed by atoms with E-state index in [1.807, 2.05) is 0 Å². The Hall–Kier alpha value is -0.810. The van der Waals surface area contributed by atoms with Gasteiger partial charge in [-0.1, -0.05) is 27.7 Å². The molecule has 1 aromatic carbocycles. The first-order valence-electron chi connectivity index (χ1n) is 7.53. The Bertz CT molecular complexity index is 636. The Morgan fingerprint density at radius 2 is 1.12 bits per heavy atom. The predicted molar refractivity (Wildman–Crippen MR) is 91.8 cm³/mol. The van der Waals surface area contributed by atoms with Crippen LogP contribution >= 0.6 is 22.6 Å². The summed E-state index contributed by atoms with van der Waals surface area (Å²) in [4.78, 5) is 0. The Morgan fingerprint density at radius 3 is 1.38 bits per heavy atom. The molecule has 1 rings (SSSR count). The van der Waals surface area contributed by atoms with Gasteiger partial charge >= 0.3 is 21.7 Å². The van der Waals surface area contributed by atoms with Crippen LogP contribution in [0.3, 0.4) is 0 Å². The zero-order chi connectivity index (χ0) is 20.9. The molecule has 26 heavy (non-hydrogen) atoms. The molecule has 0 aliphatic carbocycles. The fraction of sp³-hybridized carbons (Fsp3) is 0.625. The topological polar surface area (TPSA) is 26.0 Å². The van der Waals surface area contributed by atoms with Crippen LogP contribution in [0.1, 0.15) is 56.2 Å². The molecule has 0 saturated heterocycles. The third-order valence-corrected chi connectivity index (χ3v) is 4.67. The summed E-state index contributed by atoms with van der Waals surface area (Å²) in [6.45, 7) is 6.18. The first-order chi connectivity index (χ1) is 11.4. The average Bonchev–Trinajstić information content (AvgIpc) is 2.44. The van der Waals surface area contributed by atoms with Crippen molar-refractivity contribution < 1.29 is 35.1 Å². The maximum absolute atomic E-state index is 14.4. The van der Waals surface area contributed by atoms with E-state index in [4.69, 9.17) is 5.73 Å². The molecule has 0 spiro atoms. The Kier molecular flexibility index (Phi) is 6.23. The van der Waals surface area contributed by atoms with Gasteiger partial charge in [0.25, 0.3) is 0 Å². The SMILES string of the molecule is CC(C)c1cc(C(F)(F)C(F)(F)C(F)(F)C(F)(F)I)cc(C(C)C)c1N. The van der Waals surface area contributed by atoms with Crippen LogP contribution in [0.15, 0.2) is 12.1 Å². The Labute approximate surface area is 159 Å². The highest BCUT2D eigenvalue weighted by Gasteiger charge is 2.80. The van der Waals surface area contributed by atoms with E-state index in [-0.39, 0.29) is 39.4 Å². The molecule has 0 saturated carbocycles. The highest BCUT2D eigenvalue weighted by Crippen LogP contribution is 2.58. The molecule has 0 amide bonds. The van der Waals surface area contributed by atoms with Crippen molar-refractivity contribution in [3.8, 4) is 0 Å². The van der Waals surface area contributed by atoms with Gasteiger partial charge in [-0.3, -0.25) is 0 Å². The van der Waals surface area contributed by atoms with E-state index in [9.17, 15) is 35.1 Å². The third-order valence-electron chi connectivity index (χ3n) is 4.00. The lowest BCUT2D eigenvalue weighted by Crippen LogP contribution is -2.59. The van der Waals surface area contributed by atoms with Gasteiger partial charge in [0.05, 0.1) is 0 Å². The molecule has 0 aliphatic rings. The molecule has 1 nitrogen and oxygen atoms in total. The number of anilines is 1. The lowest BCUT2D eigenvalue weighted by Gasteiger charge is -2.35. The zero-order valence-corrected chi connectivity index (χ0v) is 16.4. The monoisotopic (exact) mass is 503 g/mol. The van der Waals surface area contributed by atoms with Crippen molar-refractivity contribution in [2.45, 2.75) is 61.2 Å². The fourth-order valence-corrected chi connectivity index (χ4v) is 2.73. The van der Waals surface area contributed by atoms with Crippen molar-refractivity contribution in [2.75, 3.05) is 5.73 Å². The number of alkyl halides is 9. The zero-order valence-electron chi connectivity index (χ0n) is 14.3. The van der Waals surface area contributed by atoms with E-state index in [1.54, 1.807) is 27.7 Å². The van der Waals surface area contributed by atoms with Crippen LogP contribution in [0.25, 0.3) is 0 Å². The summed E-state index contributed by atoms with van der Waals surface area (Å²) in [5.41, 5.74) is 4.55. The molecule has 0 atom stereocenters. The van der Waals surface area contributed by atoms with Crippen molar-refractivity contribution in [3.63, 3.8) is 0 Å². The summed E-state index contributed by atoms with van der Waals surface area (Å²) in [5, 5.41) is 0. The minimum Gasteiger partial charge on any atom is -0.398 e. The van der Waals surface area contributed by atoms with Crippen molar-refractivity contribution >= 4 is 28.3 Å². The number of nitrogens with two attached hydrogens (primary N) is 1. The van der Waals surface area contributed by atoms with Gasteiger partial charge in [-0.15, -0.1) is 0 Å². The summed E-state index contributed by atoms with van der Waals surface area (Å²) in [7, 11) is 0. The van der Waals surface area contributed by atoms with Crippen molar-refractivity contribution in [1.82, 2.24) is 0 Å². The number of hydrogen-bond acceptors (Lipinski definition) is 1. The van der Waals surface area contributed by atoms with Crippen molar-refractivity contribution in [2.24, 2.45) is 0 Å². The van der Waals surface area contributed by atoms with Crippen molar-refractivity contribution in [3.05, 3.63) is 28.8 Å². The Balaban J connectivity index is 3.72. The van der Waals surface area contributed by atoms with Gasteiger partial charge in [-0.05, 0) is 35.1 Å². The highest BCUT2D eigenvalue weighted by molar-refractivity contribution is 14.1. The van der Waals surface area contributed by atoms with Crippen LogP contribution in [0, 0.1) is 0 Å². The maximum Gasteiger partial charge on any atom is 0.387 e. The van der Waals surface area contributed by atoms with Gasteiger partial charge in [0.2, 0.25) is 0 Å². The van der Waals surface area contributed by atoms with E-state index >= 15 is 0 Å². The number of nitrogen functional groups attached to an aromatic ring is 1. The molecular weight excluding hydrogens is 485 g/mol. The molecule has 0 aliphatic heterocycles. The number of halogens is 9. The van der Waals surface area contributed by atoms with Crippen LogP contribution in [-0.4, -0.2) is 15.8 Å². The largest absolute Gasteiger partial charge is 0.398 e. The molecule has 1 aromatic rings. The van der Waals surface area contributed by atoms with Crippen LogP contribution < -0.4 is 5.73 Å². The van der Waals surface area contributed by atoms with Crippen LogP contribution in [0.4, 0.5) is 40.8 Å². The van der Waals surface area contributed by atoms with Gasteiger partial charge in [0, 0.05) is 33.8 Å². The first-order valence-corrected chi connectivity index (χ1v) is 8.61. The quantitative estimate of drug-likeness (QED) is 0.194. The smallest absolute Gasteiger partial charge is 0.387 e. The van der Waals surface area contributed by atoms with E-state index in [1.165, 1.54) is 0 Å². The van der Waals surface area contributed by atoms with Gasteiger partial charge < -0.3 is 5.73 Å². The van der Waals surface area contributed by atoms with E-state index < -0.39 is 39.1 Å². The van der Waals surface area contributed by atoms with Crippen LogP contribution in [0.5, 0.6) is 0 Å². The minimum absolute atomic E-state index is 0.0474. The second-order valence-electron chi connectivity index (χ2n) is 6.60. The van der Waals surface area contributed by atoms with Gasteiger partial charge in [0.15, 0.2) is 0 Å². The Morgan fingerprint density at radius 1 is 0.769 bits per heavy atom. The third kappa shape index (κ3) is 3.62. The predicted octanol–water partition coefficient (Wildman–Crippen LogP) is 6.91. The average molecular weight is 503 g/mol. The number of hydrogen-bond donors (Lipinski definition) is 1. The molecule has 0 unspecified atom stereocenters. The number of rotatable bonds is 6. The first kappa shape index (κ1) is 23.2. The summed E-state index contributed by atoms with van der Waals surface area (Å²) >= 11 is -0.273. The molecular formula is C16H18F8IN. The summed E-state index contributed by atoms with van der Waals surface area (Å²) in [6, 6.07) is 1.14. The molecule has 150 valence electrons. The van der Waals surface area contributed by atoms with Crippen LogP contribution in [-0.2, 0) is 5.92 Å². The lowest BCUT2D eigenvalue weighted by atomic mass is 9.87. The molecule has 0 aromatic heterocycles. The minimum atomic E-state index is -6.33. The molecule has 2 N–H and O–H groups in total. The number of benzene rings is 1. The molecule has 10 heteroatoms.